The van der Waals surface area contributed by atoms with Gasteiger partial charge < -0.3 is 0 Å². The van der Waals surface area contributed by atoms with E-state index in [9.17, 15) is 0 Å². The maximum Gasteiger partial charge on any atom is 0.0413 e. The van der Waals surface area contributed by atoms with Gasteiger partial charge in [0.15, 0.2) is 0 Å². The van der Waals surface area contributed by atoms with Gasteiger partial charge in [0.05, 0.1) is 0 Å². The Hall–Kier alpha value is 0.200. The van der Waals surface area contributed by atoms with Gasteiger partial charge in [0, 0.05) is 14.2 Å². The summed E-state index contributed by atoms with van der Waals surface area (Å²) >= 11 is 10.2. The van der Waals surface area contributed by atoms with Gasteiger partial charge in [0.25, 0.3) is 0 Å². The second kappa shape index (κ2) is 4.15. The summed E-state index contributed by atoms with van der Waals surface area (Å²) < 4.78 is 2.50. The Kier molecular flexibility index (Phi) is 3.11. The van der Waals surface area contributed by atoms with Crippen molar-refractivity contribution >= 4 is 55.6 Å². The third kappa shape index (κ3) is 2.00. The Morgan fingerprint density at radius 2 is 2.23 bits per heavy atom. The van der Waals surface area contributed by atoms with Gasteiger partial charge in [0.2, 0.25) is 0 Å². The van der Waals surface area contributed by atoms with Crippen LogP contribution in [0.3, 0.4) is 0 Å². The Labute approximate surface area is 100 Å². The van der Waals surface area contributed by atoms with Crippen LogP contribution in [0, 0.1) is 0 Å². The van der Waals surface area contributed by atoms with Gasteiger partial charge in [-0.05, 0) is 40.9 Å². The molecule has 0 spiro atoms. The van der Waals surface area contributed by atoms with E-state index in [2.05, 4.69) is 40.1 Å². The van der Waals surface area contributed by atoms with Crippen LogP contribution in [-0.4, -0.2) is 4.43 Å². The predicted molar refractivity (Wildman–Crippen MR) is 69.4 cm³/mol. The third-order valence-electron chi connectivity index (χ3n) is 1.98. The van der Waals surface area contributed by atoms with Crippen molar-refractivity contribution in [3.8, 4) is 0 Å². The summed E-state index contributed by atoms with van der Waals surface area (Å²) in [6.07, 6.45) is 1.14. The van der Waals surface area contributed by atoms with Gasteiger partial charge in [-0.3, -0.25) is 0 Å². The van der Waals surface area contributed by atoms with Gasteiger partial charge >= 0.3 is 0 Å². The van der Waals surface area contributed by atoms with Crippen LogP contribution < -0.4 is 0 Å². The van der Waals surface area contributed by atoms with E-state index < -0.39 is 0 Å². The monoisotopic (exact) mass is 322 g/mol. The summed E-state index contributed by atoms with van der Waals surface area (Å²) in [5, 5.41) is 4.40. The van der Waals surface area contributed by atoms with Gasteiger partial charge in [-0.15, -0.1) is 11.3 Å². The SMILES string of the molecule is Clc1ccc2scc(CCI)c2c1. The molecule has 0 nitrogen and oxygen atoms in total. The molecule has 0 atom stereocenters. The smallest absolute Gasteiger partial charge is 0.0413 e. The molecular formula is C10H8ClIS. The van der Waals surface area contributed by atoms with Gasteiger partial charge in [-0.2, -0.15) is 0 Å². The lowest BCUT2D eigenvalue weighted by Gasteiger charge is -1.95. The minimum atomic E-state index is 0.834. The molecule has 2 aromatic rings. The second-order valence-corrected chi connectivity index (χ2v) is 5.27. The molecule has 13 heavy (non-hydrogen) atoms. The Balaban J connectivity index is 2.58. The van der Waals surface area contributed by atoms with Gasteiger partial charge in [0.1, 0.15) is 0 Å². The fourth-order valence-corrected chi connectivity index (χ4v) is 3.08. The normalized spacial score (nSPS) is 10.9. The van der Waals surface area contributed by atoms with Crippen molar-refractivity contribution < 1.29 is 0 Å². The fraction of sp³-hybridized carbons (Fsp3) is 0.200. The van der Waals surface area contributed by atoms with Crippen LogP contribution >= 0.6 is 45.5 Å². The summed E-state index contributed by atoms with van der Waals surface area (Å²) in [7, 11) is 0. The minimum absolute atomic E-state index is 0.834. The lowest BCUT2D eigenvalue weighted by atomic mass is 10.1. The number of thiophene rings is 1. The number of rotatable bonds is 2. The van der Waals surface area contributed by atoms with Crippen LogP contribution in [0.4, 0.5) is 0 Å². The number of alkyl halides is 1. The van der Waals surface area contributed by atoms with Crippen molar-refractivity contribution in [3.05, 3.63) is 34.2 Å². The third-order valence-corrected chi connectivity index (χ3v) is 3.77. The van der Waals surface area contributed by atoms with E-state index in [0.717, 1.165) is 15.9 Å². The van der Waals surface area contributed by atoms with Crippen LogP contribution in [-0.2, 0) is 6.42 Å². The van der Waals surface area contributed by atoms with E-state index in [4.69, 9.17) is 11.6 Å². The number of fused-ring (bicyclic) bond motifs is 1. The van der Waals surface area contributed by atoms with Crippen molar-refractivity contribution in [1.82, 2.24) is 0 Å². The zero-order valence-electron chi connectivity index (χ0n) is 6.89. The first-order valence-corrected chi connectivity index (χ1v) is 6.81. The molecular weight excluding hydrogens is 315 g/mol. The molecule has 0 bridgehead atoms. The Morgan fingerprint density at radius 1 is 1.38 bits per heavy atom. The molecule has 1 aromatic heterocycles. The minimum Gasteiger partial charge on any atom is -0.144 e. The van der Waals surface area contributed by atoms with E-state index in [-0.39, 0.29) is 0 Å². The van der Waals surface area contributed by atoms with Crippen molar-refractivity contribution in [1.29, 1.82) is 0 Å². The average Bonchev–Trinajstić information content (AvgIpc) is 2.49. The van der Waals surface area contributed by atoms with Crippen molar-refractivity contribution in [3.63, 3.8) is 0 Å². The molecule has 0 aliphatic rings. The standard InChI is InChI=1S/C10H8ClIS/c11-8-1-2-10-9(5-8)7(3-4-12)6-13-10/h1-2,5-6H,3-4H2. The highest BCUT2D eigenvalue weighted by atomic mass is 127. The number of benzene rings is 1. The molecule has 0 radical (unpaired) electrons. The van der Waals surface area contributed by atoms with Crippen LogP contribution in [0.1, 0.15) is 5.56 Å². The molecule has 1 aromatic carbocycles. The molecule has 0 saturated carbocycles. The summed E-state index contributed by atoms with van der Waals surface area (Å²) in [5.41, 5.74) is 1.43. The largest absolute Gasteiger partial charge is 0.144 e. The number of hydrogen-bond acceptors (Lipinski definition) is 1. The molecule has 1 heterocycles. The Bertz CT molecular complexity index is 422. The summed E-state index contributed by atoms with van der Waals surface area (Å²) in [5.74, 6) is 0. The maximum absolute atomic E-state index is 5.95. The molecule has 0 aliphatic heterocycles. The van der Waals surface area contributed by atoms with E-state index >= 15 is 0 Å². The summed E-state index contributed by atoms with van der Waals surface area (Å²) in [6, 6.07) is 6.11. The second-order valence-electron chi connectivity index (χ2n) is 2.84. The highest BCUT2D eigenvalue weighted by Crippen LogP contribution is 2.29. The maximum atomic E-state index is 5.95. The van der Waals surface area contributed by atoms with E-state index in [0.29, 0.717) is 0 Å². The molecule has 0 unspecified atom stereocenters. The molecule has 0 N–H and O–H groups in total. The molecule has 0 amide bonds. The molecule has 0 saturated heterocycles. The van der Waals surface area contributed by atoms with Gasteiger partial charge in [-0.1, -0.05) is 34.2 Å². The number of hydrogen-bond donors (Lipinski definition) is 0. The van der Waals surface area contributed by atoms with Gasteiger partial charge in [-0.25, -0.2) is 0 Å². The average molecular weight is 323 g/mol. The first kappa shape index (κ1) is 9.74. The molecule has 68 valence electrons. The quantitative estimate of drug-likeness (QED) is 0.563. The Morgan fingerprint density at radius 3 is 3.00 bits per heavy atom. The highest BCUT2D eigenvalue weighted by Gasteiger charge is 2.03. The highest BCUT2D eigenvalue weighted by molar-refractivity contribution is 14.1. The topological polar surface area (TPSA) is 0 Å². The number of aryl methyl sites for hydroxylation is 1. The van der Waals surface area contributed by atoms with Crippen LogP contribution in [0.15, 0.2) is 23.6 Å². The van der Waals surface area contributed by atoms with E-state index in [1.165, 1.54) is 15.6 Å². The van der Waals surface area contributed by atoms with Crippen LogP contribution in [0.2, 0.25) is 5.02 Å². The summed E-state index contributed by atoms with van der Waals surface area (Å²) in [6.45, 7) is 0. The van der Waals surface area contributed by atoms with Crippen molar-refractivity contribution in [2.75, 3.05) is 4.43 Å². The van der Waals surface area contributed by atoms with Crippen LogP contribution in [0.5, 0.6) is 0 Å². The zero-order chi connectivity index (χ0) is 9.26. The lowest BCUT2D eigenvalue weighted by molar-refractivity contribution is 1.22. The van der Waals surface area contributed by atoms with E-state index in [1.807, 2.05) is 6.07 Å². The van der Waals surface area contributed by atoms with Crippen molar-refractivity contribution in [2.24, 2.45) is 0 Å². The fourth-order valence-electron chi connectivity index (χ4n) is 1.35. The van der Waals surface area contributed by atoms with Crippen molar-refractivity contribution in [2.45, 2.75) is 6.42 Å². The molecule has 0 aliphatic carbocycles. The first-order chi connectivity index (χ1) is 6.31. The lowest BCUT2D eigenvalue weighted by Crippen LogP contribution is -1.81. The van der Waals surface area contributed by atoms with E-state index in [1.54, 1.807) is 11.3 Å². The molecule has 3 heteroatoms. The number of halogens is 2. The van der Waals surface area contributed by atoms with Crippen LogP contribution in [0.25, 0.3) is 10.1 Å². The molecule has 2 rings (SSSR count). The summed E-state index contributed by atoms with van der Waals surface area (Å²) in [4.78, 5) is 0. The molecule has 0 fully saturated rings. The first-order valence-electron chi connectivity index (χ1n) is 4.03. The predicted octanol–water partition coefficient (Wildman–Crippen LogP) is 4.53. The zero-order valence-corrected chi connectivity index (χ0v) is 10.6.